The van der Waals surface area contributed by atoms with Crippen molar-refractivity contribution in [2.24, 2.45) is 11.7 Å². The molecule has 0 spiro atoms. The number of rotatable bonds is 14. The minimum absolute atomic E-state index is 0.104. The number of nitrogens with two attached hydrogens (primary N) is 1. The van der Waals surface area contributed by atoms with Crippen LogP contribution in [-0.4, -0.2) is 40.3 Å². The Kier molecular flexibility index (Phi) is 11.1. The van der Waals surface area contributed by atoms with E-state index in [2.05, 4.69) is 5.32 Å². The number of benzene rings is 1. The van der Waals surface area contributed by atoms with Gasteiger partial charge in [0.1, 0.15) is 5.78 Å². The quantitative estimate of drug-likeness (QED) is 0.264. The van der Waals surface area contributed by atoms with Crippen LogP contribution in [0.4, 0.5) is 0 Å². The van der Waals surface area contributed by atoms with Crippen LogP contribution in [0.1, 0.15) is 51.5 Å². The van der Waals surface area contributed by atoms with Gasteiger partial charge in [-0.3, -0.25) is 13.9 Å². The molecule has 5 N–H and O–H groups in total. The zero-order valence-electron chi connectivity index (χ0n) is 17.1. The molecule has 0 aliphatic carbocycles. The Bertz CT molecular complexity index is 683. The number of hydrogen-bond acceptors (Lipinski definition) is 5. The molecule has 1 aromatic rings. The maximum atomic E-state index is 12.8. The molecule has 9 heteroatoms. The van der Waals surface area contributed by atoms with Crippen molar-refractivity contribution in [2.45, 2.75) is 64.3 Å². The van der Waals surface area contributed by atoms with Crippen molar-refractivity contribution >= 4 is 19.5 Å². The van der Waals surface area contributed by atoms with Gasteiger partial charge in [0.15, 0.2) is 6.10 Å². The summed E-state index contributed by atoms with van der Waals surface area (Å²) < 4.78 is 17.9. The Balaban J connectivity index is 2.71. The number of unbranched alkanes of at least 4 members (excludes halogenated alkanes) is 2. The van der Waals surface area contributed by atoms with E-state index in [0.717, 1.165) is 12.0 Å². The fourth-order valence-corrected chi connectivity index (χ4v) is 4.64. The number of aliphatic carboxylic acids is 1. The van der Waals surface area contributed by atoms with E-state index in [1.807, 2.05) is 30.3 Å². The number of amides is 1. The standard InChI is InChI=1S/C20H33N2O6P/c1-15(2)19(22-18(23)13-12-16-9-5-3-6-10-16)29(26,27)28-17(20(24)25)11-7-4-8-14-21/h3,5-6,9-10,15,17,19H,4,7-8,11-14,21H2,1-2H3,(H,22,23)(H,24,25)(H,26,27). The molecule has 1 amide bonds. The van der Waals surface area contributed by atoms with Crippen molar-refractivity contribution < 1.29 is 28.7 Å². The summed E-state index contributed by atoms with van der Waals surface area (Å²) in [5, 5.41) is 11.9. The molecule has 164 valence electrons. The van der Waals surface area contributed by atoms with Gasteiger partial charge in [-0.05, 0) is 37.3 Å². The molecule has 3 unspecified atom stereocenters. The van der Waals surface area contributed by atoms with Gasteiger partial charge in [0, 0.05) is 6.42 Å². The molecule has 0 aliphatic heterocycles. The maximum Gasteiger partial charge on any atom is 0.351 e. The predicted molar refractivity (Wildman–Crippen MR) is 111 cm³/mol. The van der Waals surface area contributed by atoms with E-state index in [4.69, 9.17) is 10.3 Å². The molecular formula is C20H33N2O6P. The Morgan fingerprint density at radius 3 is 2.38 bits per heavy atom. The van der Waals surface area contributed by atoms with E-state index in [1.54, 1.807) is 13.8 Å². The van der Waals surface area contributed by atoms with Crippen molar-refractivity contribution in [3.63, 3.8) is 0 Å². The Morgan fingerprint density at radius 2 is 1.83 bits per heavy atom. The van der Waals surface area contributed by atoms with Crippen LogP contribution in [0.3, 0.4) is 0 Å². The van der Waals surface area contributed by atoms with Crippen LogP contribution >= 0.6 is 7.60 Å². The first-order chi connectivity index (χ1) is 13.7. The predicted octanol–water partition coefficient (Wildman–Crippen LogP) is 2.89. The molecule has 29 heavy (non-hydrogen) atoms. The van der Waals surface area contributed by atoms with Crippen LogP contribution in [0, 0.1) is 5.92 Å². The average molecular weight is 428 g/mol. The molecule has 0 fully saturated rings. The molecular weight excluding hydrogens is 395 g/mol. The second-order valence-electron chi connectivity index (χ2n) is 7.38. The van der Waals surface area contributed by atoms with Crippen LogP contribution in [0.15, 0.2) is 30.3 Å². The van der Waals surface area contributed by atoms with Gasteiger partial charge < -0.3 is 21.1 Å². The van der Waals surface area contributed by atoms with E-state index in [0.29, 0.717) is 25.8 Å². The van der Waals surface area contributed by atoms with E-state index in [-0.39, 0.29) is 18.7 Å². The molecule has 8 nitrogen and oxygen atoms in total. The molecule has 0 saturated heterocycles. The molecule has 1 rings (SSSR count). The summed E-state index contributed by atoms with van der Waals surface area (Å²) in [6, 6.07) is 9.43. The van der Waals surface area contributed by atoms with Gasteiger partial charge in [0.25, 0.3) is 0 Å². The molecule has 0 bridgehead atoms. The van der Waals surface area contributed by atoms with Gasteiger partial charge in [-0.1, -0.05) is 57.0 Å². The third-order valence-electron chi connectivity index (χ3n) is 4.50. The molecule has 0 heterocycles. The summed E-state index contributed by atoms with van der Waals surface area (Å²) in [4.78, 5) is 34.2. The zero-order valence-corrected chi connectivity index (χ0v) is 18.0. The van der Waals surface area contributed by atoms with Crippen LogP contribution in [-0.2, 0) is 25.1 Å². The summed E-state index contributed by atoms with van der Waals surface area (Å²) in [6.07, 6.45) is 1.31. The van der Waals surface area contributed by atoms with Gasteiger partial charge in [0.05, 0.1) is 0 Å². The molecule has 3 atom stereocenters. The summed E-state index contributed by atoms with van der Waals surface area (Å²) in [5.74, 6) is -3.29. The van der Waals surface area contributed by atoms with Gasteiger partial charge in [-0.2, -0.15) is 0 Å². The topological polar surface area (TPSA) is 139 Å². The highest BCUT2D eigenvalue weighted by Crippen LogP contribution is 2.50. The van der Waals surface area contributed by atoms with Gasteiger partial charge in [-0.15, -0.1) is 0 Å². The third-order valence-corrected chi connectivity index (χ3v) is 6.48. The van der Waals surface area contributed by atoms with Crippen molar-refractivity contribution in [3.8, 4) is 0 Å². The maximum absolute atomic E-state index is 12.8. The first-order valence-corrected chi connectivity index (χ1v) is 11.6. The minimum atomic E-state index is -4.41. The zero-order chi connectivity index (χ0) is 21.9. The number of aryl methyl sites for hydroxylation is 1. The number of carbonyl (C=O) groups is 2. The largest absolute Gasteiger partial charge is 0.479 e. The first kappa shape index (κ1) is 25.3. The Labute approximate surface area is 172 Å². The fourth-order valence-electron chi connectivity index (χ4n) is 2.88. The van der Waals surface area contributed by atoms with Crippen molar-refractivity contribution in [1.29, 1.82) is 0 Å². The lowest BCUT2D eigenvalue weighted by atomic mass is 10.1. The van der Waals surface area contributed by atoms with Crippen molar-refractivity contribution in [1.82, 2.24) is 5.32 Å². The highest BCUT2D eigenvalue weighted by molar-refractivity contribution is 7.53. The number of carbonyl (C=O) groups excluding carboxylic acids is 1. The van der Waals surface area contributed by atoms with E-state index in [1.165, 1.54) is 0 Å². The van der Waals surface area contributed by atoms with E-state index in [9.17, 15) is 24.2 Å². The second kappa shape index (κ2) is 12.8. The fraction of sp³-hybridized carbons (Fsp3) is 0.600. The number of carboxylic acid groups (broad SMARTS) is 1. The van der Waals surface area contributed by atoms with Gasteiger partial charge in [-0.25, -0.2) is 4.79 Å². The van der Waals surface area contributed by atoms with Crippen molar-refractivity contribution in [2.75, 3.05) is 6.54 Å². The minimum Gasteiger partial charge on any atom is -0.479 e. The normalized spacial score (nSPS) is 15.5. The lowest BCUT2D eigenvalue weighted by Gasteiger charge is -2.28. The Morgan fingerprint density at radius 1 is 1.17 bits per heavy atom. The Hall–Kier alpha value is -1.73. The summed E-state index contributed by atoms with van der Waals surface area (Å²) in [6.45, 7) is 3.85. The number of carboxylic acids is 1. The number of hydrogen-bond donors (Lipinski definition) is 4. The van der Waals surface area contributed by atoms with Gasteiger partial charge >= 0.3 is 13.6 Å². The summed E-state index contributed by atoms with van der Waals surface area (Å²) >= 11 is 0. The lowest BCUT2D eigenvalue weighted by Crippen LogP contribution is -2.40. The van der Waals surface area contributed by atoms with E-state index < -0.39 is 31.4 Å². The average Bonchev–Trinajstić information content (AvgIpc) is 2.67. The van der Waals surface area contributed by atoms with Crippen LogP contribution < -0.4 is 11.1 Å². The molecule has 0 aromatic heterocycles. The first-order valence-electron chi connectivity index (χ1n) is 9.94. The number of nitrogens with one attached hydrogen (secondary N) is 1. The van der Waals surface area contributed by atoms with Gasteiger partial charge in [0.2, 0.25) is 5.91 Å². The van der Waals surface area contributed by atoms with Crippen LogP contribution in [0.25, 0.3) is 0 Å². The third kappa shape index (κ3) is 9.54. The monoisotopic (exact) mass is 428 g/mol. The van der Waals surface area contributed by atoms with Crippen LogP contribution in [0.2, 0.25) is 0 Å². The molecule has 0 aliphatic rings. The molecule has 0 radical (unpaired) electrons. The molecule has 1 aromatic carbocycles. The van der Waals surface area contributed by atoms with Crippen molar-refractivity contribution in [3.05, 3.63) is 35.9 Å². The highest BCUT2D eigenvalue weighted by atomic mass is 31.2. The summed E-state index contributed by atoms with van der Waals surface area (Å²) in [7, 11) is -4.41. The van der Waals surface area contributed by atoms with Crippen LogP contribution in [0.5, 0.6) is 0 Å². The highest BCUT2D eigenvalue weighted by Gasteiger charge is 2.40. The SMILES string of the molecule is CC(C)C(NC(=O)CCc1ccccc1)P(=O)(O)OC(CCCCCN)C(=O)O. The lowest BCUT2D eigenvalue weighted by molar-refractivity contribution is -0.145. The second-order valence-corrected chi connectivity index (χ2v) is 9.27. The molecule has 0 saturated carbocycles. The van der Waals surface area contributed by atoms with E-state index >= 15 is 0 Å². The smallest absolute Gasteiger partial charge is 0.351 e. The summed E-state index contributed by atoms with van der Waals surface area (Å²) in [5.41, 5.74) is 6.40.